The Hall–Kier alpha value is -1.87. The van der Waals surface area contributed by atoms with Gasteiger partial charge < -0.3 is 24.8 Å². The molecule has 0 radical (unpaired) electrons. The Balaban J connectivity index is 0.000000280. The molecule has 44 heavy (non-hydrogen) atoms. The number of halogens is 2. The predicted octanol–water partition coefficient (Wildman–Crippen LogP) is 2.73. The Kier molecular flexibility index (Phi) is 11.9. The fourth-order valence-electron chi connectivity index (χ4n) is 6.16. The standard InChI is InChI=1S/C26H33Si2.C13H10.2ClH.Zr/c1-18-13-14-21-20(15-18)16-22-24(21)23(27(3,4)5)17-26(2,28(6,7)8)25(22)19-11-9-10-12-19;1-3-7-12(8-4-1)11-13-9-5-2-6-10-13;;;/h9-11,13-15,17H,12H2,1-8H3;1-10H;2*1H;/q-1;;;;+2/p-2. The Morgan fingerprint density at radius 1 is 0.818 bits per heavy atom. The molecule has 3 aliphatic rings. The number of allylic oxidation sites excluding steroid dienone is 8. The summed E-state index contributed by atoms with van der Waals surface area (Å²) in [6, 6.07) is 28.0. The van der Waals surface area contributed by atoms with Crippen LogP contribution in [0.2, 0.25) is 44.3 Å². The van der Waals surface area contributed by atoms with Crippen LogP contribution < -0.4 is 35.3 Å². The van der Waals surface area contributed by atoms with Crippen LogP contribution in [0.15, 0.2) is 125 Å². The van der Waals surface area contributed by atoms with Crippen molar-refractivity contribution in [3.8, 4) is 0 Å². The molecule has 0 saturated carbocycles. The second-order valence-electron chi connectivity index (χ2n) is 14.0. The average Bonchev–Trinajstić information content (AvgIpc) is 3.60. The molecule has 6 rings (SSSR count). The van der Waals surface area contributed by atoms with Gasteiger partial charge in [-0.05, 0) is 18.4 Å². The topological polar surface area (TPSA) is 0 Å². The second-order valence-corrected chi connectivity index (χ2v) is 25.8. The van der Waals surface area contributed by atoms with Crippen LogP contribution >= 0.6 is 0 Å². The van der Waals surface area contributed by atoms with Crippen LogP contribution in [0.3, 0.4) is 0 Å². The molecule has 5 heteroatoms. The van der Waals surface area contributed by atoms with Gasteiger partial charge in [0.1, 0.15) is 0 Å². The summed E-state index contributed by atoms with van der Waals surface area (Å²) in [7, 11) is -3.06. The molecule has 1 unspecified atom stereocenters. The predicted molar refractivity (Wildman–Crippen MR) is 185 cm³/mol. The molecule has 0 fully saturated rings. The molecule has 226 valence electrons. The van der Waals surface area contributed by atoms with E-state index in [4.69, 9.17) is 0 Å². The van der Waals surface area contributed by atoms with E-state index in [9.17, 15) is 0 Å². The summed E-state index contributed by atoms with van der Waals surface area (Å²) in [5.74, 6) is 0. The van der Waals surface area contributed by atoms with E-state index in [1.165, 1.54) is 71.3 Å². The SMILES string of the molecule is Cc1ccc2c(c1)=[C-]C1=C(C3=CC=CC3)C(C)([Si](C)(C)C)C=C([Si](C)(C)C)C=21.[Cl-].[Cl-].[Zr+2]=[C](c1ccccc1)c1ccccc1. The van der Waals surface area contributed by atoms with Gasteiger partial charge in [-0.1, -0.05) is 105 Å². The van der Waals surface area contributed by atoms with E-state index >= 15 is 0 Å². The molecule has 3 aromatic rings. The van der Waals surface area contributed by atoms with Crippen molar-refractivity contribution in [1.82, 2.24) is 0 Å². The first kappa shape index (κ1) is 36.6. The van der Waals surface area contributed by atoms with E-state index in [0.29, 0.717) is 0 Å². The Morgan fingerprint density at radius 3 is 1.86 bits per heavy atom. The monoisotopic (exact) mass is 727 g/mol. The summed E-state index contributed by atoms with van der Waals surface area (Å²) in [6.07, 6.45) is 14.6. The first-order chi connectivity index (χ1) is 19.8. The van der Waals surface area contributed by atoms with Gasteiger partial charge in [-0.25, -0.2) is 0 Å². The summed E-state index contributed by atoms with van der Waals surface area (Å²) >= 11 is 1.46. The molecular weight excluding hydrogens is 687 g/mol. The Labute approximate surface area is 294 Å². The molecule has 0 amide bonds. The third kappa shape index (κ3) is 7.24. The van der Waals surface area contributed by atoms with Crippen molar-refractivity contribution < 1.29 is 49.0 Å². The molecule has 3 aliphatic carbocycles. The molecule has 0 spiro atoms. The van der Waals surface area contributed by atoms with E-state index in [1.807, 2.05) is 0 Å². The Morgan fingerprint density at radius 2 is 1.39 bits per heavy atom. The summed E-state index contributed by atoms with van der Waals surface area (Å²) in [5.41, 5.74) is 9.94. The fraction of sp³-hybridized carbons (Fsp3) is 0.256. The van der Waals surface area contributed by atoms with E-state index in [2.05, 4.69) is 162 Å². The fourth-order valence-corrected chi connectivity index (χ4v) is 10.5. The molecule has 3 aromatic carbocycles. The number of benzene rings is 3. The van der Waals surface area contributed by atoms with Crippen LogP contribution in [0, 0.1) is 6.92 Å². The summed E-state index contributed by atoms with van der Waals surface area (Å²) in [4.78, 5) is 0. The zero-order chi connectivity index (χ0) is 30.3. The Bertz CT molecular complexity index is 1740. The van der Waals surface area contributed by atoms with Gasteiger partial charge in [0.25, 0.3) is 0 Å². The quantitative estimate of drug-likeness (QED) is 0.280. The van der Waals surface area contributed by atoms with Crippen molar-refractivity contribution in [2.45, 2.75) is 64.6 Å². The van der Waals surface area contributed by atoms with Gasteiger partial charge in [-0.2, -0.15) is 0 Å². The van der Waals surface area contributed by atoms with Gasteiger partial charge in [0.15, 0.2) is 0 Å². The minimum atomic E-state index is -1.54. The number of hydrogen-bond acceptors (Lipinski definition) is 0. The van der Waals surface area contributed by atoms with Crippen molar-refractivity contribution in [3.05, 3.63) is 152 Å². The number of aryl methyl sites for hydroxylation is 1. The molecule has 0 aliphatic heterocycles. The molecule has 0 heterocycles. The first-order valence-corrected chi connectivity index (χ1v) is 23.3. The van der Waals surface area contributed by atoms with Crippen LogP contribution in [0.25, 0.3) is 11.6 Å². The van der Waals surface area contributed by atoms with Gasteiger partial charge in [0.05, 0.1) is 16.1 Å². The van der Waals surface area contributed by atoms with E-state index < -0.39 is 16.1 Å². The average molecular weight is 730 g/mol. The van der Waals surface area contributed by atoms with Crippen molar-refractivity contribution in [1.29, 1.82) is 0 Å². The van der Waals surface area contributed by atoms with Gasteiger partial charge in [-0.3, -0.25) is 0 Å². The second kappa shape index (κ2) is 14.3. The molecule has 0 aromatic heterocycles. The molecule has 0 saturated heterocycles. The molecule has 0 nitrogen and oxygen atoms in total. The summed E-state index contributed by atoms with van der Waals surface area (Å²) < 4.78 is 1.42. The molecule has 0 bridgehead atoms. The normalized spacial score (nSPS) is 18.5. The maximum absolute atomic E-state index is 3.91. The number of hydrogen-bond donors (Lipinski definition) is 0. The van der Waals surface area contributed by atoms with Gasteiger partial charge >= 0.3 is 99.2 Å². The minimum absolute atomic E-state index is 0. The van der Waals surface area contributed by atoms with Crippen molar-refractivity contribution in [2.24, 2.45) is 0 Å². The van der Waals surface area contributed by atoms with E-state index in [1.54, 1.807) is 10.8 Å². The third-order valence-electron chi connectivity index (χ3n) is 9.01. The van der Waals surface area contributed by atoms with Gasteiger partial charge in [0.2, 0.25) is 0 Å². The molecule has 1 atom stereocenters. The number of rotatable bonds is 5. The van der Waals surface area contributed by atoms with E-state index in [0.717, 1.165) is 6.42 Å². The van der Waals surface area contributed by atoms with Crippen LogP contribution in [-0.4, -0.2) is 19.4 Å². The van der Waals surface area contributed by atoms with Crippen LogP contribution in [0.1, 0.15) is 30.0 Å². The van der Waals surface area contributed by atoms with Crippen LogP contribution in [-0.2, 0) is 24.2 Å². The van der Waals surface area contributed by atoms with Crippen molar-refractivity contribution >= 4 is 31.0 Å². The summed E-state index contributed by atoms with van der Waals surface area (Å²) in [6.45, 7) is 19.8. The van der Waals surface area contributed by atoms with Crippen molar-refractivity contribution in [2.75, 3.05) is 0 Å². The van der Waals surface area contributed by atoms with Crippen LogP contribution in [0.5, 0.6) is 0 Å². The van der Waals surface area contributed by atoms with Crippen molar-refractivity contribution in [3.63, 3.8) is 0 Å². The van der Waals surface area contributed by atoms with Crippen LogP contribution in [0.4, 0.5) is 0 Å². The van der Waals surface area contributed by atoms with E-state index in [-0.39, 0.29) is 29.9 Å². The zero-order valence-corrected chi connectivity index (χ0v) is 33.2. The molecular formula is C39H43Cl2Si2Zr-. The zero-order valence-electron chi connectivity index (χ0n) is 27.3. The third-order valence-corrected chi connectivity index (χ3v) is 15.9. The summed E-state index contributed by atoms with van der Waals surface area (Å²) in [5, 5.41) is 4.45. The maximum atomic E-state index is 3.91. The van der Waals surface area contributed by atoms with Gasteiger partial charge in [0, 0.05) is 0 Å². The number of fused-ring (bicyclic) bond motifs is 2. The first-order valence-electron chi connectivity index (χ1n) is 15.1. The molecule has 0 N–H and O–H groups in total. The van der Waals surface area contributed by atoms with Gasteiger partial charge in [-0.15, -0.1) is 33.7 Å².